The third kappa shape index (κ3) is 35.0. The van der Waals surface area contributed by atoms with Gasteiger partial charge in [-0.15, -0.1) is 0 Å². The predicted octanol–water partition coefficient (Wildman–Crippen LogP) is 10.3. The number of aliphatic carboxylic acids is 1. The van der Waals surface area contributed by atoms with Crippen LogP contribution in [0.3, 0.4) is 0 Å². The first kappa shape index (κ1) is 50.0. The molecule has 0 bridgehead atoms. The first-order valence-corrected chi connectivity index (χ1v) is 21.9. The van der Waals surface area contributed by atoms with Crippen LogP contribution in [0.15, 0.2) is 24.3 Å². The number of allylic oxidation sites excluding steroid dienone is 4. The minimum atomic E-state index is -4.72. The summed E-state index contributed by atoms with van der Waals surface area (Å²) in [6.45, 7) is 2.73. The van der Waals surface area contributed by atoms with Crippen LogP contribution in [0.1, 0.15) is 181 Å². The number of carboxylic acids is 1. The summed E-state index contributed by atoms with van der Waals surface area (Å²) in [5.41, 5.74) is 5.32. The molecule has 0 aromatic rings. The maximum Gasteiger partial charge on any atom is 0.472 e. The summed E-state index contributed by atoms with van der Waals surface area (Å²) < 4.78 is 32.5. The second kappa shape index (κ2) is 36.0. The number of hydrogen-bond acceptors (Lipinski definition) is 9. The number of phosphoric ester groups is 1. The third-order valence-corrected chi connectivity index (χ3v) is 9.67. The van der Waals surface area contributed by atoms with Crippen LogP contribution < -0.4 is 5.73 Å². The Hall–Kier alpha value is -2.04. The van der Waals surface area contributed by atoms with Gasteiger partial charge in [-0.1, -0.05) is 160 Å². The van der Waals surface area contributed by atoms with Crippen LogP contribution in [0.25, 0.3) is 0 Å². The zero-order valence-electron chi connectivity index (χ0n) is 32.7. The fourth-order valence-corrected chi connectivity index (χ4v) is 6.25. The van der Waals surface area contributed by atoms with Crippen molar-refractivity contribution in [2.45, 2.75) is 193 Å². The van der Waals surface area contributed by atoms with Crippen molar-refractivity contribution in [3.8, 4) is 0 Å². The lowest BCUT2D eigenvalue weighted by atomic mass is 10.0. The summed E-state index contributed by atoms with van der Waals surface area (Å²) >= 11 is 0. The highest BCUT2D eigenvalue weighted by molar-refractivity contribution is 7.47. The van der Waals surface area contributed by atoms with Gasteiger partial charge in [-0.3, -0.25) is 23.4 Å². The van der Waals surface area contributed by atoms with Crippen molar-refractivity contribution >= 4 is 25.7 Å². The molecule has 304 valence electrons. The molecule has 12 heteroatoms. The molecule has 0 aromatic carbocycles. The minimum absolute atomic E-state index is 0.0578. The van der Waals surface area contributed by atoms with Crippen molar-refractivity contribution in [1.29, 1.82) is 0 Å². The van der Waals surface area contributed by atoms with Gasteiger partial charge < -0.3 is 25.2 Å². The van der Waals surface area contributed by atoms with Crippen molar-refractivity contribution in [2.24, 2.45) is 5.73 Å². The van der Waals surface area contributed by atoms with E-state index in [1.54, 1.807) is 0 Å². The Morgan fingerprint density at radius 3 is 1.58 bits per heavy atom. The van der Waals surface area contributed by atoms with Crippen molar-refractivity contribution in [3.63, 3.8) is 0 Å². The van der Waals surface area contributed by atoms with Gasteiger partial charge in [0.15, 0.2) is 6.10 Å². The normalized spacial score (nSPS) is 14.1. The van der Waals surface area contributed by atoms with Crippen LogP contribution in [0.2, 0.25) is 0 Å². The maximum atomic E-state index is 12.5. The molecular weight excluding hydrogens is 685 g/mol. The molecule has 0 saturated heterocycles. The summed E-state index contributed by atoms with van der Waals surface area (Å²) in [7, 11) is -4.72. The average molecular weight is 760 g/mol. The van der Waals surface area contributed by atoms with E-state index in [4.69, 9.17) is 24.8 Å². The van der Waals surface area contributed by atoms with Gasteiger partial charge in [-0.25, -0.2) is 4.57 Å². The number of hydrogen-bond donors (Lipinski definition) is 3. The van der Waals surface area contributed by atoms with Crippen LogP contribution in [-0.2, 0) is 37.5 Å². The molecular formula is C40H74NO10P. The molecule has 0 aliphatic heterocycles. The van der Waals surface area contributed by atoms with E-state index >= 15 is 0 Å². The molecule has 11 nitrogen and oxygen atoms in total. The van der Waals surface area contributed by atoms with Gasteiger partial charge in [-0.05, 0) is 32.1 Å². The number of carboxylic acid groups (broad SMARTS) is 1. The van der Waals surface area contributed by atoms with Crippen LogP contribution in [0.5, 0.6) is 0 Å². The molecule has 4 N–H and O–H groups in total. The zero-order chi connectivity index (χ0) is 38.5. The molecule has 0 aromatic heterocycles. The molecule has 0 radical (unpaired) electrons. The largest absolute Gasteiger partial charge is 0.480 e. The van der Waals surface area contributed by atoms with E-state index < -0.39 is 51.1 Å². The second-order valence-corrected chi connectivity index (χ2v) is 15.2. The lowest BCUT2D eigenvalue weighted by molar-refractivity contribution is -0.161. The molecule has 2 unspecified atom stereocenters. The van der Waals surface area contributed by atoms with Gasteiger partial charge in [0.1, 0.15) is 12.6 Å². The number of esters is 2. The first-order valence-electron chi connectivity index (χ1n) is 20.4. The number of unbranched alkanes of at least 4 members (excludes halogenated alkanes) is 20. The maximum absolute atomic E-state index is 12.5. The Balaban J connectivity index is 4.45. The quantitative estimate of drug-likeness (QED) is 0.0237. The number of nitrogens with two attached hydrogens (primary N) is 1. The van der Waals surface area contributed by atoms with E-state index in [-0.39, 0.29) is 19.4 Å². The van der Waals surface area contributed by atoms with Crippen LogP contribution >= 0.6 is 7.82 Å². The van der Waals surface area contributed by atoms with E-state index in [0.29, 0.717) is 12.8 Å². The van der Waals surface area contributed by atoms with E-state index in [0.717, 1.165) is 32.1 Å². The third-order valence-electron chi connectivity index (χ3n) is 8.72. The Labute approximate surface area is 315 Å². The molecule has 0 aliphatic rings. The average Bonchev–Trinajstić information content (AvgIpc) is 3.12. The van der Waals surface area contributed by atoms with Gasteiger partial charge >= 0.3 is 25.7 Å². The molecule has 0 aliphatic carbocycles. The molecule has 0 fully saturated rings. The van der Waals surface area contributed by atoms with Crippen molar-refractivity contribution < 1.29 is 47.5 Å². The molecule has 0 amide bonds. The number of carbonyl (C=O) groups excluding carboxylic acids is 2. The fourth-order valence-electron chi connectivity index (χ4n) is 5.47. The standard InChI is InChI=1S/C40H74NO10P/c1-3-5-7-9-11-13-15-17-18-20-21-23-25-27-29-31-38(42)48-33-36(34-49-52(46,47)50-35-37(41)40(44)45)51-39(43)32-30-28-26-24-22-19-16-14-12-10-8-6-4-2/h19,22,26,28,36-37H,3-18,20-21,23-25,27,29-35,41H2,1-2H3,(H,44,45)(H,46,47)/b22-19+,28-26+/t36?,37-/m0/s1. The number of ether oxygens (including phenoxy) is 2. The Morgan fingerprint density at radius 2 is 1.06 bits per heavy atom. The van der Waals surface area contributed by atoms with E-state index in [9.17, 15) is 23.8 Å². The first-order chi connectivity index (χ1) is 25.1. The molecule has 0 saturated carbocycles. The number of rotatable bonds is 38. The molecule has 3 atom stereocenters. The Kier molecular flexibility index (Phi) is 34.6. The summed E-state index contributed by atoms with van der Waals surface area (Å²) in [5.74, 6) is -2.46. The predicted molar refractivity (Wildman–Crippen MR) is 208 cm³/mol. The number of phosphoric acid groups is 1. The topological polar surface area (TPSA) is 172 Å². The van der Waals surface area contributed by atoms with Gasteiger partial charge in [0.25, 0.3) is 0 Å². The Bertz CT molecular complexity index is 989. The highest BCUT2D eigenvalue weighted by atomic mass is 31.2. The van der Waals surface area contributed by atoms with Crippen molar-refractivity contribution in [3.05, 3.63) is 24.3 Å². The van der Waals surface area contributed by atoms with Gasteiger partial charge in [0.2, 0.25) is 0 Å². The Morgan fingerprint density at radius 1 is 0.596 bits per heavy atom. The van der Waals surface area contributed by atoms with E-state index in [1.165, 1.54) is 109 Å². The van der Waals surface area contributed by atoms with Crippen LogP contribution in [0, 0.1) is 0 Å². The summed E-state index contributed by atoms with van der Waals surface area (Å²) in [6.07, 6.45) is 35.5. The lowest BCUT2D eigenvalue weighted by Gasteiger charge is -2.20. The van der Waals surface area contributed by atoms with Crippen LogP contribution in [0.4, 0.5) is 0 Å². The smallest absolute Gasteiger partial charge is 0.472 e. The molecule has 0 spiro atoms. The van der Waals surface area contributed by atoms with Gasteiger partial charge in [0.05, 0.1) is 13.2 Å². The van der Waals surface area contributed by atoms with Crippen LogP contribution in [-0.4, -0.2) is 59.9 Å². The van der Waals surface area contributed by atoms with Crippen molar-refractivity contribution in [2.75, 3.05) is 19.8 Å². The van der Waals surface area contributed by atoms with Gasteiger partial charge in [-0.2, -0.15) is 0 Å². The van der Waals surface area contributed by atoms with E-state index in [2.05, 4.69) is 30.5 Å². The minimum Gasteiger partial charge on any atom is -0.480 e. The highest BCUT2D eigenvalue weighted by Gasteiger charge is 2.28. The highest BCUT2D eigenvalue weighted by Crippen LogP contribution is 2.43. The summed E-state index contributed by atoms with van der Waals surface area (Å²) in [5, 5.41) is 8.86. The molecule has 0 rings (SSSR count). The zero-order valence-corrected chi connectivity index (χ0v) is 33.5. The lowest BCUT2D eigenvalue weighted by Crippen LogP contribution is -2.34. The molecule has 0 heterocycles. The second-order valence-electron chi connectivity index (χ2n) is 13.8. The fraction of sp³-hybridized carbons (Fsp3) is 0.825. The van der Waals surface area contributed by atoms with E-state index in [1.807, 2.05) is 12.2 Å². The summed E-state index contributed by atoms with van der Waals surface area (Å²) in [4.78, 5) is 45.8. The monoisotopic (exact) mass is 760 g/mol. The summed E-state index contributed by atoms with van der Waals surface area (Å²) in [6, 6.07) is -1.53. The number of carbonyl (C=O) groups is 3. The molecule has 52 heavy (non-hydrogen) atoms. The SMILES string of the molecule is CCCCCCCC/C=C/C/C=C/CCC(=O)OC(COC(=O)CCCCCCCCCCCCCCCCC)COP(=O)(O)OC[C@H](N)C(=O)O. The van der Waals surface area contributed by atoms with Crippen molar-refractivity contribution in [1.82, 2.24) is 0 Å². The van der Waals surface area contributed by atoms with Gasteiger partial charge in [0, 0.05) is 12.8 Å².